The van der Waals surface area contributed by atoms with Crippen LogP contribution in [-0.4, -0.2) is 14.5 Å². The van der Waals surface area contributed by atoms with E-state index in [1.165, 1.54) is 60.8 Å². The van der Waals surface area contributed by atoms with Gasteiger partial charge in [0.05, 0.1) is 22.4 Å². The first-order chi connectivity index (χ1) is 39.1. The van der Waals surface area contributed by atoms with Gasteiger partial charge in [-0.05, 0) is 145 Å². The molecule has 0 bridgehead atoms. The van der Waals surface area contributed by atoms with Crippen molar-refractivity contribution in [3.8, 4) is 117 Å². The van der Waals surface area contributed by atoms with Crippen molar-refractivity contribution < 1.29 is 0 Å². The highest BCUT2D eigenvalue weighted by molar-refractivity contribution is 6.09. The van der Waals surface area contributed by atoms with E-state index in [4.69, 9.17) is 9.97 Å². The molecule has 0 saturated carbocycles. The monoisotopic (exact) mass is 1010 g/mol. The van der Waals surface area contributed by atoms with Gasteiger partial charge in [-0.2, -0.15) is 0 Å². The average molecular weight is 1010 g/mol. The van der Waals surface area contributed by atoms with Crippen LogP contribution in [0.15, 0.2) is 309 Å². The zero-order chi connectivity index (χ0) is 52.5. The molecule has 0 saturated heterocycles. The summed E-state index contributed by atoms with van der Waals surface area (Å²) in [5, 5.41) is 2.50. The number of hydrogen-bond donors (Lipinski definition) is 0. The lowest BCUT2D eigenvalue weighted by molar-refractivity contribution is 1.18. The van der Waals surface area contributed by atoms with Crippen LogP contribution in [0, 0.1) is 0 Å². The predicted molar refractivity (Wildman–Crippen MR) is 331 cm³/mol. The Morgan fingerprint density at radius 3 is 0.937 bits per heavy atom. The fourth-order valence-corrected chi connectivity index (χ4v) is 11.2. The third-order valence-corrected chi connectivity index (χ3v) is 15.2. The number of benzene rings is 12. The molecule has 370 valence electrons. The summed E-state index contributed by atoms with van der Waals surface area (Å²) in [6.07, 6.45) is 0. The molecular weight excluding hydrogens is 955 g/mol. The molecule has 0 aliphatic rings. The highest BCUT2D eigenvalue weighted by Gasteiger charge is 2.16. The van der Waals surface area contributed by atoms with Gasteiger partial charge in [-0.15, -0.1) is 0 Å². The van der Waals surface area contributed by atoms with Crippen molar-refractivity contribution in [1.29, 1.82) is 0 Å². The Morgan fingerprint density at radius 1 is 0.190 bits per heavy atom. The molecule has 3 nitrogen and oxygen atoms in total. The van der Waals surface area contributed by atoms with Crippen LogP contribution in [0.2, 0.25) is 0 Å². The minimum absolute atomic E-state index is 0.665. The second-order valence-corrected chi connectivity index (χ2v) is 20.2. The molecule has 79 heavy (non-hydrogen) atoms. The van der Waals surface area contributed by atoms with E-state index < -0.39 is 0 Å². The van der Waals surface area contributed by atoms with Crippen LogP contribution in [0.5, 0.6) is 0 Å². The van der Waals surface area contributed by atoms with Crippen LogP contribution in [0.1, 0.15) is 0 Å². The lowest BCUT2D eigenvalue weighted by Crippen LogP contribution is -1.97. The number of nitrogens with zero attached hydrogens (tertiary/aromatic N) is 3. The Kier molecular flexibility index (Phi) is 12.2. The minimum atomic E-state index is 0.665. The zero-order valence-electron chi connectivity index (χ0n) is 43.3. The van der Waals surface area contributed by atoms with Gasteiger partial charge in [-0.3, -0.25) is 0 Å². The molecule has 14 rings (SSSR count). The van der Waals surface area contributed by atoms with Crippen molar-refractivity contribution in [1.82, 2.24) is 14.5 Å². The summed E-state index contributed by atoms with van der Waals surface area (Å²) >= 11 is 0. The maximum absolute atomic E-state index is 5.39. The second-order valence-electron chi connectivity index (χ2n) is 20.2. The van der Waals surface area contributed by atoms with Crippen molar-refractivity contribution in [3.63, 3.8) is 0 Å². The molecule has 14 aromatic rings. The molecule has 3 heteroatoms. The van der Waals surface area contributed by atoms with E-state index in [0.29, 0.717) is 5.82 Å². The molecule has 0 unspecified atom stereocenters. The molecule has 0 aliphatic heterocycles. The Bertz CT molecular complexity index is 4480. The van der Waals surface area contributed by atoms with Crippen LogP contribution in [0.25, 0.3) is 139 Å². The molecule has 0 radical (unpaired) electrons. The molecule has 0 atom stereocenters. The van der Waals surface area contributed by atoms with Gasteiger partial charge in [-0.25, -0.2) is 9.97 Å². The minimum Gasteiger partial charge on any atom is -0.309 e. The summed E-state index contributed by atoms with van der Waals surface area (Å²) in [7, 11) is 0. The van der Waals surface area contributed by atoms with Gasteiger partial charge in [0.15, 0.2) is 5.82 Å². The average Bonchev–Trinajstić information content (AvgIpc) is 4.01. The third-order valence-electron chi connectivity index (χ3n) is 15.2. The van der Waals surface area contributed by atoms with Crippen molar-refractivity contribution in [2.45, 2.75) is 0 Å². The highest BCUT2D eigenvalue weighted by atomic mass is 15.0. The summed E-state index contributed by atoms with van der Waals surface area (Å²) in [6.45, 7) is 0. The van der Waals surface area contributed by atoms with Crippen molar-refractivity contribution in [2.24, 2.45) is 0 Å². The van der Waals surface area contributed by atoms with Crippen molar-refractivity contribution in [3.05, 3.63) is 309 Å². The first kappa shape index (κ1) is 47.0. The SMILES string of the molecule is c1ccc(-c2cccc(-c3cccc(-c4cccc(-c5cccc(-c6cc(-c7ccc(-c8cccc(-n9c%10ccccc%10c%10ccccc%109)c8)cc7)nc(-c7cccc(-c8cccc(-c9ccccc9)c8)c7)n6)c5)c4)c3)c2)cc1. The van der Waals surface area contributed by atoms with E-state index in [2.05, 4.69) is 314 Å². The van der Waals surface area contributed by atoms with Crippen LogP contribution in [0.4, 0.5) is 0 Å². The topological polar surface area (TPSA) is 30.7 Å². The summed E-state index contributed by atoms with van der Waals surface area (Å²) < 4.78 is 2.37. The van der Waals surface area contributed by atoms with E-state index in [-0.39, 0.29) is 0 Å². The van der Waals surface area contributed by atoms with Crippen LogP contribution in [-0.2, 0) is 0 Å². The number of aromatic nitrogens is 3. The summed E-state index contributed by atoms with van der Waals surface area (Å²) in [5.41, 5.74) is 24.4. The largest absolute Gasteiger partial charge is 0.309 e. The standard InChI is InChI=1S/C76H51N3/c1-3-18-52(19-4-1)56-22-11-24-58(44-56)60-26-13-27-61(46-60)62-28-14-29-63(47-62)64-30-15-33-67(48-64)73-51-72(77-76(78-73)68-34-16-31-65(49-68)59-25-12-23-57(45-59)53-20-5-2-6-21-53)55-42-40-54(41-43-55)66-32-17-35-69(50-66)79-74-38-9-7-36-70(74)71-37-8-10-39-75(71)79/h1-51H. The molecule has 0 fully saturated rings. The van der Waals surface area contributed by atoms with Gasteiger partial charge in [0.25, 0.3) is 0 Å². The molecule has 0 amide bonds. The summed E-state index contributed by atoms with van der Waals surface area (Å²) in [4.78, 5) is 10.8. The van der Waals surface area contributed by atoms with Gasteiger partial charge < -0.3 is 4.57 Å². The zero-order valence-corrected chi connectivity index (χ0v) is 43.3. The fourth-order valence-electron chi connectivity index (χ4n) is 11.2. The maximum atomic E-state index is 5.39. The number of hydrogen-bond acceptors (Lipinski definition) is 2. The molecule has 0 spiro atoms. The molecule has 2 aromatic heterocycles. The quantitative estimate of drug-likeness (QED) is 0.129. The van der Waals surface area contributed by atoms with E-state index in [0.717, 1.165) is 72.7 Å². The predicted octanol–water partition coefficient (Wildman–Crippen LogP) is 20.2. The Morgan fingerprint density at radius 2 is 0.481 bits per heavy atom. The molecule has 2 heterocycles. The van der Waals surface area contributed by atoms with E-state index in [9.17, 15) is 0 Å². The van der Waals surface area contributed by atoms with E-state index >= 15 is 0 Å². The van der Waals surface area contributed by atoms with Gasteiger partial charge in [-0.1, -0.05) is 243 Å². The maximum Gasteiger partial charge on any atom is 0.160 e. The van der Waals surface area contributed by atoms with Crippen LogP contribution >= 0.6 is 0 Å². The van der Waals surface area contributed by atoms with Gasteiger partial charge in [0.1, 0.15) is 0 Å². The first-order valence-corrected chi connectivity index (χ1v) is 26.9. The lowest BCUT2D eigenvalue weighted by atomic mass is 9.94. The van der Waals surface area contributed by atoms with Gasteiger partial charge >= 0.3 is 0 Å². The Hall–Kier alpha value is -10.5. The number of fused-ring (bicyclic) bond motifs is 3. The Balaban J connectivity index is 0.823. The van der Waals surface area contributed by atoms with Crippen molar-refractivity contribution in [2.75, 3.05) is 0 Å². The molecule has 0 aliphatic carbocycles. The first-order valence-electron chi connectivity index (χ1n) is 26.9. The van der Waals surface area contributed by atoms with Crippen LogP contribution in [0.3, 0.4) is 0 Å². The van der Waals surface area contributed by atoms with Crippen LogP contribution < -0.4 is 0 Å². The summed E-state index contributed by atoms with van der Waals surface area (Å²) in [6, 6.07) is 111. The summed E-state index contributed by atoms with van der Waals surface area (Å²) in [5.74, 6) is 0.665. The van der Waals surface area contributed by atoms with E-state index in [1.54, 1.807) is 0 Å². The highest BCUT2D eigenvalue weighted by Crippen LogP contribution is 2.38. The molecule has 0 N–H and O–H groups in total. The second kappa shape index (κ2) is 20.6. The smallest absolute Gasteiger partial charge is 0.160 e. The molecular formula is C76H51N3. The van der Waals surface area contributed by atoms with Crippen molar-refractivity contribution >= 4 is 21.8 Å². The molecule has 12 aromatic carbocycles. The Labute approximate surface area is 460 Å². The fraction of sp³-hybridized carbons (Fsp3) is 0. The van der Waals surface area contributed by atoms with Gasteiger partial charge in [0, 0.05) is 33.2 Å². The normalized spacial score (nSPS) is 11.3. The number of rotatable bonds is 11. The lowest BCUT2D eigenvalue weighted by Gasteiger charge is -2.13. The van der Waals surface area contributed by atoms with E-state index in [1.807, 2.05) is 0 Å². The van der Waals surface area contributed by atoms with Gasteiger partial charge in [0.2, 0.25) is 0 Å². The number of para-hydroxylation sites is 2. The third kappa shape index (κ3) is 9.41.